The number of nitrogens with zero attached hydrogens (tertiary/aromatic N) is 4. The van der Waals surface area contributed by atoms with Gasteiger partial charge in [0.2, 0.25) is 5.78 Å². The van der Waals surface area contributed by atoms with Crippen LogP contribution in [0, 0.1) is 24.5 Å². The largest absolute Gasteiger partial charge is 0.449 e. The van der Waals surface area contributed by atoms with Crippen LogP contribution in [0.2, 0.25) is 0 Å². The van der Waals surface area contributed by atoms with Gasteiger partial charge in [0.1, 0.15) is 28.0 Å². The topological polar surface area (TPSA) is 80.1 Å². The Labute approximate surface area is 219 Å². The lowest BCUT2D eigenvalue weighted by atomic mass is 9.94. The Kier molecular flexibility index (Phi) is 8.14. The van der Waals surface area contributed by atoms with E-state index < -0.39 is 35.9 Å². The van der Waals surface area contributed by atoms with E-state index in [1.807, 2.05) is 11.8 Å². The summed E-state index contributed by atoms with van der Waals surface area (Å²) in [4.78, 5) is 31.3. The molecule has 1 aliphatic rings. The highest BCUT2D eigenvalue weighted by Crippen LogP contribution is 2.34. The number of rotatable bonds is 7. The normalized spacial score (nSPS) is 16.4. The van der Waals surface area contributed by atoms with Crippen molar-refractivity contribution in [3.05, 3.63) is 46.6 Å². The first kappa shape index (κ1) is 27.7. The molecule has 1 N–H and O–H groups in total. The second-order valence-electron chi connectivity index (χ2n) is 9.08. The van der Waals surface area contributed by atoms with Gasteiger partial charge in [-0.15, -0.1) is 11.3 Å². The molecule has 1 atom stereocenters. The van der Waals surface area contributed by atoms with Gasteiger partial charge in [-0.05, 0) is 51.2 Å². The summed E-state index contributed by atoms with van der Waals surface area (Å²) < 4.78 is 68.4. The summed E-state index contributed by atoms with van der Waals surface area (Å²) >= 11 is 0.995. The summed E-state index contributed by atoms with van der Waals surface area (Å²) in [6.45, 7) is 4.87. The van der Waals surface area contributed by atoms with Gasteiger partial charge in [-0.3, -0.25) is 9.59 Å². The molecule has 4 rings (SSSR count). The number of halogens is 5. The molecule has 204 valence electrons. The highest BCUT2D eigenvalue weighted by Gasteiger charge is 2.39. The number of ketones is 1. The van der Waals surface area contributed by atoms with E-state index in [9.17, 15) is 31.5 Å². The van der Waals surface area contributed by atoms with E-state index in [-0.39, 0.29) is 22.2 Å². The minimum Gasteiger partial charge on any atom is -0.355 e. The fourth-order valence-corrected chi connectivity index (χ4v) is 5.55. The SMILES string of the molecule is CCn1ncc(NC(=O)c2nc(-c3c(F)cccc3F)sc2C)c1N1CCC[C@@H](CC(=O)C(F)(F)F)CC1. The maximum Gasteiger partial charge on any atom is 0.449 e. The first-order chi connectivity index (χ1) is 18.0. The van der Waals surface area contributed by atoms with Crippen LogP contribution in [-0.2, 0) is 11.3 Å². The number of aromatic nitrogens is 3. The molecule has 38 heavy (non-hydrogen) atoms. The number of carbonyl (C=O) groups is 2. The zero-order chi connectivity index (χ0) is 27.6. The summed E-state index contributed by atoms with van der Waals surface area (Å²) in [7, 11) is 0. The van der Waals surface area contributed by atoms with Crippen LogP contribution < -0.4 is 10.2 Å². The van der Waals surface area contributed by atoms with Crippen LogP contribution in [0.25, 0.3) is 10.6 Å². The molecule has 1 aromatic carbocycles. The maximum atomic E-state index is 14.2. The molecule has 3 aromatic rings. The molecule has 0 unspecified atom stereocenters. The van der Waals surface area contributed by atoms with Gasteiger partial charge in [-0.2, -0.15) is 18.3 Å². The molecule has 0 spiro atoms. The molecule has 0 bridgehead atoms. The van der Waals surface area contributed by atoms with Crippen molar-refractivity contribution in [2.75, 3.05) is 23.3 Å². The van der Waals surface area contributed by atoms with Crippen molar-refractivity contribution in [1.29, 1.82) is 0 Å². The second-order valence-corrected chi connectivity index (χ2v) is 10.3. The van der Waals surface area contributed by atoms with E-state index in [1.54, 1.807) is 11.6 Å². The van der Waals surface area contributed by atoms with Crippen LogP contribution in [0.15, 0.2) is 24.4 Å². The van der Waals surface area contributed by atoms with E-state index in [2.05, 4.69) is 15.4 Å². The number of nitrogens with one attached hydrogen (secondary N) is 1. The van der Waals surface area contributed by atoms with Crippen molar-refractivity contribution < 1.29 is 31.5 Å². The molecule has 7 nitrogen and oxygen atoms in total. The fourth-order valence-electron chi connectivity index (χ4n) is 4.59. The van der Waals surface area contributed by atoms with Gasteiger partial charge in [-0.25, -0.2) is 18.4 Å². The number of amides is 1. The van der Waals surface area contributed by atoms with Crippen molar-refractivity contribution in [2.45, 2.75) is 52.3 Å². The van der Waals surface area contributed by atoms with Gasteiger partial charge in [0.05, 0.1) is 11.8 Å². The first-order valence-electron chi connectivity index (χ1n) is 12.1. The van der Waals surface area contributed by atoms with Crippen LogP contribution in [0.1, 0.15) is 48.0 Å². The van der Waals surface area contributed by atoms with Gasteiger partial charge < -0.3 is 10.2 Å². The minimum absolute atomic E-state index is 0.0180. The third kappa shape index (κ3) is 5.87. The lowest BCUT2D eigenvalue weighted by Crippen LogP contribution is -2.29. The zero-order valence-corrected chi connectivity index (χ0v) is 21.6. The smallest absolute Gasteiger partial charge is 0.355 e. The average Bonchev–Trinajstić information content (AvgIpc) is 3.34. The molecule has 1 amide bonds. The average molecular weight is 556 g/mol. The highest BCUT2D eigenvalue weighted by molar-refractivity contribution is 7.15. The predicted octanol–water partition coefficient (Wildman–Crippen LogP) is 5.99. The number of hydrogen-bond donors (Lipinski definition) is 1. The molecule has 1 aliphatic heterocycles. The summed E-state index contributed by atoms with van der Waals surface area (Å²) in [6.07, 6.45) is -2.47. The Bertz CT molecular complexity index is 1320. The lowest BCUT2D eigenvalue weighted by Gasteiger charge is -2.25. The Morgan fingerprint density at radius 2 is 1.87 bits per heavy atom. The minimum atomic E-state index is -4.84. The zero-order valence-electron chi connectivity index (χ0n) is 20.7. The molecule has 0 aliphatic carbocycles. The van der Waals surface area contributed by atoms with Gasteiger partial charge >= 0.3 is 6.18 Å². The summed E-state index contributed by atoms with van der Waals surface area (Å²) in [5, 5.41) is 7.15. The third-order valence-electron chi connectivity index (χ3n) is 6.49. The predicted molar refractivity (Wildman–Crippen MR) is 133 cm³/mol. The van der Waals surface area contributed by atoms with Crippen molar-refractivity contribution >= 4 is 34.5 Å². The maximum absolute atomic E-state index is 14.2. The molecule has 1 saturated heterocycles. The number of aryl methyl sites for hydroxylation is 2. The number of anilines is 2. The second kappa shape index (κ2) is 11.2. The van der Waals surface area contributed by atoms with Crippen molar-refractivity contribution in [3.8, 4) is 10.6 Å². The summed E-state index contributed by atoms with van der Waals surface area (Å²) in [6, 6.07) is 3.48. The number of hydrogen-bond acceptors (Lipinski definition) is 6. The van der Waals surface area contributed by atoms with E-state index in [0.717, 1.165) is 23.5 Å². The van der Waals surface area contributed by atoms with E-state index in [0.29, 0.717) is 55.3 Å². The third-order valence-corrected chi connectivity index (χ3v) is 7.47. The van der Waals surface area contributed by atoms with Crippen LogP contribution >= 0.6 is 11.3 Å². The Morgan fingerprint density at radius 3 is 2.53 bits per heavy atom. The van der Waals surface area contributed by atoms with Gasteiger partial charge in [-0.1, -0.05) is 6.07 Å². The summed E-state index contributed by atoms with van der Waals surface area (Å²) in [5.74, 6) is -3.66. The van der Waals surface area contributed by atoms with E-state index in [4.69, 9.17) is 0 Å². The molecular weight excluding hydrogens is 529 g/mol. The Hall–Kier alpha value is -3.35. The Balaban J connectivity index is 1.53. The quantitative estimate of drug-likeness (QED) is 0.362. The van der Waals surface area contributed by atoms with Gasteiger partial charge in [0.25, 0.3) is 5.91 Å². The number of Topliss-reactive ketones (excluding diaryl/α,β-unsaturated/α-hetero) is 1. The number of carbonyl (C=O) groups excluding carboxylic acids is 2. The molecule has 3 heterocycles. The van der Waals surface area contributed by atoms with Gasteiger partial charge in [0, 0.05) is 30.9 Å². The lowest BCUT2D eigenvalue weighted by molar-refractivity contribution is -0.172. The van der Waals surface area contributed by atoms with Crippen molar-refractivity contribution in [1.82, 2.24) is 14.8 Å². The number of thiazole rings is 1. The first-order valence-corrected chi connectivity index (χ1v) is 12.9. The standard InChI is InChI=1S/C25H26F5N5O2S/c1-3-35-24(34-10-5-6-15(9-11-34)12-19(36)25(28,29)30)18(13-31-35)32-22(37)21-14(2)38-23(33-21)20-16(26)7-4-8-17(20)27/h4,7-8,13,15H,3,5-6,9-12H2,1-2H3,(H,32,37)/t15-/m1/s1. The highest BCUT2D eigenvalue weighted by atomic mass is 32.1. The molecular formula is C25H26F5N5O2S. The van der Waals surface area contributed by atoms with Crippen LogP contribution in [0.3, 0.4) is 0 Å². The van der Waals surface area contributed by atoms with Crippen LogP contribution in [-0.4, -0.2) is 45.7 Å². The fraction of sp³-hybridized carbons (Fsp3) is 0.440. The molecule has 2 aromatic heterocycles. The van der Waals surface area contributed by atoms with Crippen LogP contribution in [0.5, 0.6) is 0 Å². The molecule has 0 radical (unpaired) electrons. The molecule has 1 fully saturated rings. The van der Waals surface area contributed by atoms with Crippen LogP contribution in [0.4, 0.5) is 33.5 Å². The van der Waals surface area contributed by atoms with Gasteiger partial charge in [0.15, 0.2) is 5.82 Å². The number of alkyl halides is 3. The molecule has 0 saturated carbocycles. The monoisotopic (exact) mass is 555 g/mol. The molecule has 13 heteroatoms. The van der Waals surface area contributed by atoms with Crippen molar-refractivity contribution in [3.63, 3.8) is 0 Å². The Morgan fingerprint density at radius 1 is 1.16 bits per heavy atom. The number of benzene rings is 1. The van der Waals surface area contributed by atoms with E-state index in [1.165, 1.54) is 12.3 Å². The van der Waals surface area contributed by atoms with E-state index >= 15 is 0 Å². The van der Waals surface area contributed by atoms with Crippen molar-refractivity contribution in [2.24, 2.45) is 5.92 Å². The summed E-state index contributed by atoms with van der Waals surface area (Å²) in [5.41, 5.74) is 0.0967.